The third-order valence-corrected chi connectivity index (χ3v) is 5.18. The number of carboxylic acids is 1. The van der Waals surface area contributed by atoms with Gasteiger partial charge in [-0.3, -0.25) is 19.2 Å². The van der Waals surface area contributed by atoms with Crippen LogP contribution >= 0.6 is 0 Å². The number of rotatable bonds is 10. The number of benzene rings is 1. The van der Waals surface area contributed by atoms with Gasteiger partial charge >= 0.3 is 5.97 Å². The van der Waals surface area contributed by atoms with Crippen molar-refractivity contribution < 1.29 is 34.5 Å². The summed E-state index contributed by atoms with van der Waals surface area (Å²) in [7, 11) is 0. The molecule has 0 radical (unpaired) electrons. The van der Waals surface area contributed by atoms with Crippen LogP contribution in [0.3, 0.4) is 0 Å². The molecule has 1 fully saturated rings. The third kappa shape index (κ3) is 7.20. The van der Waals surface area contributed by atoms with E-state index in [2.05, 4.69) is 21.3 Å². The predicted molar refractivity (Wildman–Crippen MR) is 114 cm³/mol. The summed E-state index contributed by atoms with van der Waals surface area (Å²) in [6, 6.07) is 1.95. The van der Waals surface area contributed by atoms with Gasteiger partial charge in [0.1, 0.15) is 23.9 Å². The zero-order chi connectivity index (χ0) is 23.8. The standard InChI is InChI=1S/C21H30N4O7/c1-11(21(31)32)23-20(30)17(12(2)26)25-19(29)16(10-13-5-7-14(27)8-6-13)24-18(28)15-4-3-9-22-15/h5-8,11-12,15-17,22,26-27H,3-4,9-10H2,1-2H3,(H,23,30)(H,24,28)(H,25,29)(H,31,32). The minimum absolute atomic E-state index is 0.0485. The SMILES string of the molecule is CC(NC(=O)C(NC(=O)C(Cc1ccc(O)cc1)NC(=O)C1CCCN1)C(C)O)C(=O)O. The molecule has 11 nitrogen and oxygen atoms in total. The van der Waals surface area contributed by atoms with Crippen molar-refractivity contribution in [1.29, 1.82) is 0 Å². The number of amides is 3. The van der Waals surface area contributed by atoms with Crippen molar-refractivity contribution in [2.45, 2.75) is 63.4 Å². The molecule has 3 amide bonds. The molecule has 176 valence electrons. The summed E-state index contributed by atoms with van der Waals surface area (Å²) in [6.45, 7) is 3.23. The zero-order valence-electron chi connectivity index (χ0n) is 18.0. The highest BCUT2D eigenvalue weighted by Gasteiger charge is 2.32. The lowest BCUT2D eigenvalue weighted by molar-refractivity contribution is -0.142. The number of phenols is 1. The van der Waals surface area contributed by atoms with Gasteiger partial charge in [-0.2, -0.15) is 0 Å². The van der Waals surface area contributed by atoms with E-state index in [9.17, 15) is 29.4 Å². The van der Waals surface area contributed by atoms with Crippen LogP contribution in [0, 0.1) is 0 Å². The normalized spacial score (nSPS) is 19.3. The molecular weight excluding hydrogens is 420 g/mol. The summed E-state index contributed by atoms with van der Waals surface area (Å²) in [5.74, 6) is -3.16. The van der Waals surface area contributed by atoms with Crippen LogP contribution < -0.4 is 21.3 Å². The quantitative estimate of drug-likeness (QED) is 0.228. The number of aliphatic hydroxyl groups is 1. The fraction of sp³-hybridized carbons (Fsp3) is 0.524. The molecule has 0 saturated carbocycles. The molecule has 7 N–H and O–H groups in total. The summed E-state index contributed by atoms with van der Waals surface area (Å²) >= 11 is 0. The molecule has 1 saturated heterocycles. The third-order valence-electron chi connectivity index (χ3n) is 5.18. The van der Waals surface area contributed by atoms with Crippen molar-refractivity contribution in [1.82, 2.24) is 21.3 Å². The van der Waals surface area contributed by atoms with Crippen LogP contribution in [-0.4, -0.2) is 75.8 Å². The van der Waals surface area contributed by atoms with Gasteiger partial charge in [0.05, 0.1) is 12.1 Å². The zero-order valence-corrected chi connectivity index (χ0v) is 18.0. The van der Waals surface area contributed by atoms with E-state index in [4.69, 9.17) is 5.11 Å². The van der Waals surface area contributed by atoms with Crippen LogP contribution in [0.2, 0.25) is 0 Å². The maximum Gasteiger partial charge on any atom is 0.325 e. The molecule has 0 spiro atoms. The van der Waals surface area contributed by atoms with Crippen LogP contribution in [-0.2, 0) is 25.6 Å². The first-order chi connectivity index (χ1) is 15.1. The second-order valence-corrected chi connectivity index (χ2v) is 7.88. The van der Waals surface area contributed by atoms with Gasteiger partial charge in [-0.1, -0.05) is 12.1 Å². The lowest BCUT2D eigenvalue weighted by Crippen LogP contribution is -2.60. The van der Waals surface area contributed by atoms with E-state index in [1.165, 1.54) is 26.0 Å². The summed E-state index contributed by atoms with van der Waals surface area (Å²) in [5.41, 5.74) is 0.653. The molecule has 32 heavy (non-hydrogen) atoms. The molecule has 5 atom stereocenters. The van der Waals surface area contributed by atoms with E-state index in [0.29, 0.717) is 18.5 Å². The van der Waals surface area contributed by atoms with Gasteiger partial charge in [-0.05, 0) is 50.9 Å². The topological polar surface area (TPSA) is 177 Å². The minimum atomic E-state index is -1.42. The van der Waals surface area contributed by atoms with Crippen molar-refractivity contribution in [2.24, 2.45) is 0 Å². The lowest BCUT2D eigenvalue weighted by Gasteiger charge is -2.26. The second kappa shape index (κ2) is 11.4. The Balaban J connectivity index is 2.16. The Hall–Kier alpha value is -3.18. The highest BCUT2D eigenvalue weighted by atomic mass is 16.4. The average molecular weight is 450 g/mol. The monoisotopic (exact) mass is 450 g/mol. The molecule has 2 rings (SSSR count). The molecule has 0 aromatic heterocycles. The molecule has 1 aromatic rings. The van der Waals surface area contributed by atoms with Crippen molar-refractivity contribution in [2.75, 3.05) is 6.54 Å². The van der Waals surface area contributed by atoms with Gasteiger partial charge in [-0.25, -0.2) is 0 Å². The number of phenolic OH excluding ortho intramolecular Hbond substituents is 1. The molecule has 11 heteroatoms. The molecule has 5 unspecified atom stereocenters. The average Bonchev–Trinajstić information content (AvgIpc) is 3.27. The highest BCUT2D eigenvalue weighted by Crippen LogP contribution is 2.13. The number of hydrogen-bond donors (Lipinski definition) is 7. The van der Waals surface area contributed by atoms with Gasteiger partial charge in [0.2, 0.25) is 17.7 Å². The van der Waals surface area contributed by atoms with Gasteiger partial charge in [0.25, 0.3) is 0 Å². The largest absolute Gasteiger partial charge is 0.508 e. The first-order valence-electron chi connectivity index (χ1n) is 10.4. The number of carbonyl (C=O) groups is 4. The fourth-order valence-electron chi connectivity index (χ4n) is 3.28. The first kappa shape index (κ1) is 25.1. The van der Waals surface area contributed by atoms with E-state index in [1.54, 1.807) is 12.1 Å². The number of aromatic hydroxyl groups is 1. The number of carboxylic acid groups (broad SMARTS) is 1. The van der Waals surface area contributed by atoms with Crippen LogP contribution in [0.15, 0.2) is 24.3 Å². The second-order valence-electron chi connectivity index (χ2n) is 7.88. The Kier molecular flexibility index (Phi) is 8.97. The highest BCUT2D eigenvalue weighted by molar-refractivity contribution is 5.94. The number of nitrogens with one attached hydrogen (secondary N) is 4. The Morgan fingerprint density at radius 3 is 2.25 bits per heavy atom. The predicted octanol–water partition coefficient (Wildman–Crippen LogP) is -1.37. The maximum absolute atomic E-state index is 13.0. The number of carbonyl (C=O) groups excluding carboxylic acids is 3. The van der Waals surface area contributed by atoms with E-state index >= 15 is 0 Å². The van der Waals surface area contributed by atoms with Crippen molar-refractivity contribution in [3.05, 3.63) is 29.8 Å². The summed E-state index contributed by atoms with van der Waals surface area (Å²) in [6.07, 6.45) is 0.218. The summed E-state index contributed by atoms with van der Waals surface area (Å²) in [4.78, 5) is 49.0. The number of aliphatic hydroxyl groups excluding tert-OH is 1. The Bertz CT molecular complexity index is 822. The van der Waals surface area contributed by atoms with Gasteiger partial charge in [0, 0.05) is 6.42 Å². The molecule has 1 aliphatic rings. The van der Waals surface area contributed by atoms with Gasteiger partial charge < -0.3 is 36.6 Å². The van der Waals surface area contributed by atoms with E-state index in [1.807, 2.05) is 0 Å². The number of aliphatic carboxylic acids is 1. The van der Waals surface area contributed by atoms with E-state index in [0.717, 1.165) is 6.42 Å². The maximum atomic E-state index is 13.0. The first-order valence-corrected chi connectivity index (χ1v) is 10.4. The van der Waals surface area contributed by atoms with Crippen LogP contribution in [0.1, 0.15) is 32.3 Å². The number of hydrogen-bond acceptors (Lipinski definition) is 7. The summed E-state index contributed by atoms with van der Waals surface area (Å²) in [5, 5.41) is 38.8. The van der Waals surface area contributed by atoms with Crippen LogP contribution in [0.25, 0.3) is 0 Å². The van der Waals surface area contributed by atoms with Crippen molar-refractivity contribution in [3.8, 4) is 5.75 Å². The van der Waals surface area contributed by atoms with E-state index in [-0.39, 0.29) is 18.1 Å². The Morgan fingerprint density at radius 2 is 1.72 bits per heavy atom. The molecule has 0 bridgehead atoms. The Morgan fingerprint density at radius 1 is 1.06 bits per heavy atom. The van der Waals surface area contributed by atoms with Crippen molar-refractivity contribution in [3.63, 3.8) is 0 Å². The molecular formula is C21H30N4O7. The minimum Gasteiger partial charge on any atom is -0.508 e. The van der Waals surface area contributed by atoms with Crippen LogP contribution in [0.5, 0.6) is 5.75 Å². The Labute approximate surface area is 185 Å². The van der Waals surface area contributed by atoms with E-state index < -0.39 is 48.1 Å². The lowest BCUT2D eigenvalue weighted by atomic mass is 10.0. The fourth-order valence-corrected chi connectivity index (χ4v) is 3.28. The van der Waals surface area contributed by atoms with Gasteiger partial charge in [0.15, 0.2) is 0 Å². The van der Waals surface area contributed by atoms with Crippen LogP contribution in [0.4, 0.5) is 0 Å². The van der Waals surface area contributed by atoms with Gasteiger partial charge in [-0.15, -0.1) is 0 Å². The molecule has 1 aromatic carbocycles. The molecule has 1 aliphatic heterocycles. The smallest absolute Gasteiger partial charge is 0.325 e. The molecule has 0 aliphatic carbocycles. The summed E-state index contributed by atoms with van der Waals surface area (Å²) < 4.78 is 0. The van der Waals surface area contributed by atoms with Crippen molar-refractivity contribution >= 4 is 23.7 Å². The molecule has 1 heterocycles.